The average Bonchev–Trinajstić information content (AvgIpc) is 3.05. The third-order valence-corrected chi connectivity index (χ3v) is 5.44. The van der Waals surface area contributed by atoms with Crippen LogP contribution in [0.5, 0.6) is 5.75 Å². The molecule has 1 saturated heterocycles. The highest BCUT2D eigenvalue weighted by Gasteiger charge is 2.20. The Morgan fingerprint density at radius 3 is 2.59 bits per heavy atom. The zero-order valence-electron chi connectivity index (χ0n) is 17.3. The van der Waals surface area contributed by atoms with Crippen LogP contribution >= 0.6 is 11.6 Å². The molecule has 32 heavy (non-hydrogen) atoms. The Morgan fingerprint density at radius 1 is 1.22 bits per heavy atom. The maximum atomic E-state index is 12.8. The topological polar surface area (TPSA) is 112 Å². The molecule has 0 aliphatic carbocycles. The van der Waals surface area contributed by atoms with Gasteiger partial charge < -0.3 is 19.4 Å². The Morgan fingerprint density at radius 2 is 1.97 bits per heavy atom. The Balaban J connectivity index is 1.49. The predicted molar refractivity (Wildman–Crippen MR) is 121 cm³/mol. The largest absolute Gasteiger partial charge is 0.484 e. The molecule has 2 aromatic heterocycles. The normalized spacial score (nSPS) is 14.0. The lowest BCUT2D eigenvalue weighted by molar-refractivity contribution is -0.0798. The molecule has 4 rings (SSSR count). The third kappa shape index (κ3) is 5.39. The highest BCUT2D eigenvalue weighted by molar-refractivity contribution is 7.92. The summed E-state index contributed by atoms with van der Waals surface area (Å²) in [5.74, 6) is 0.926. The molecule has 1 fully saturated rings. The molecule has 3 aromatic rings. The van der Waals surface area contributed by atoms with Crippen LogP contribution in [0.3, 0.4) is 0 Å². The Labute approximate surface area is 190 Å². The van der Waals surface area contributed by atoms with Crippen LogP contribution < -0.4 is 14.8 Å². The number of aryl methyl sites for hydroxylation is 1. The van der Waals surface area contributed by atoms with E-state index in [1.807, 2.05) is 19.1 Å². The fraction of sp³-hybridized carbons (Fsp3) is 0.238. The van der Waals surface area contributed by atoms with E-state index in [2.05, 4.69) is 15.0 Å². The van der Waals surface area contributed by atoms with Crippen molar-refractivity contribution in [1.82, 2.24) is 9.55 Å². The molecule has 11 heteroatoms. The lowest BCUT2D eigenvalue weighted by Gasteiger charge is -2.26. The van der Waals surface area contributed by atoms with Crippen molar-refractivity contribution in [3.8, 4) is 11.6 Å². The van der Waals surface area contributed by atoms with Crippen molar-refractivity contribution in [1.29, 1.82) is 0 Å². The van der Waals surface area contributed by atoms with Gasteiger partial charge in [0.1, 0.15) is 17.7 Å². The van der Waals surface area contributed by atoms with E-state index in [-0.39, 0.29) is 22.7 Å². The van der Waals surface area contributed by atoms with Crippen molar-refractivity contribution in [2.45, 2.75) is 13.0 Å². The Kier molecular flexibility index (Phi) is 6.09. The van der Waals surface area contributed by atoms with Crippen LogP contribution in [0.4, 0.5) is 11.4 Å². The minimum absolute atomic E-state index is 0.0610. The number of benzene rings is 1. The van der Waals surface area contributed by atoms with E-state index in [0.717, 1.165) is 11.9 Å². The van der Waals surface area contributed by atoms with E-state index in [1.54, 1.807) is 23.0 Å². The van der Waals surface area contributed by atoms with Gasteiger partial charge in [-0.3, -0.25) is 9.52 Å². The van der Waals surface area contributed by atoms with Crippen molar-refractivity contribution in [3.05, 3.63) is 65.1 Å². The summed E-state index contributed by atoms with van der Waals surface area (Å²) in [6, 6.07) is 9.83. The van der Waals surface area contributed by atoms with E-state index in [4.69, 9.17) is 21.1 Å². The predicted octanol–water partition coefficient (Wildman–Crippen LogP) is 3.24. The van der Waals surface area contributed by atoms with Gasteiger partial charge in [0.2, 0.25) is 10.0 Å². The molecule has 1 amide bonds. The van der Waals surface area contributed by atoms with Gasteiger partial charge in [-0.2, -0.15) is 0 Å². The van der Waals surface area contributed by atoms with E-state index >= 15 is 0 Å². The summed E-state index contributed by atoms with van der Waals surface area (Å²) in [4.78, 5) is 17.2. The van der Waals surface area contributed by atoms with Gasteiger partial charge in [-0.15, -0.1) is 0 Å². The first-order valence-electron chi connectivity index (χ1n) is 9.66. The van der Waals surface area contributed by atoms with Crippen LogP contribution in [0.1, 0.15) is 16.1 Å². The second kappa shape index (κ2) is 8.81. The third-order valence-electron chi connectivity index (χ3n) is 4.61. The molecule has 2 N–H and O–H groups in total. The monoisotopic (exact) mass is 476 g/mol. The Bertz CT molecular complexity index is 1250. The summed E-state index contributed by atoms with van der Waals surface area (Å²) in [5.41, 5.74) is 1.84. The molecular weight excluding hydrogens is 456 g/mol. The van der Waals surface area contributed by atoms with Gasteiger partial charge in [-0.1, -0.05) is 11.6 Å². The van der Waals surface area contributed by atoms with Crippen LogP contribution in [0.2, 0.25) is 5.02 Å². The second-order valence-electron chi connectivity index (χ2n) is 7.43. The van der Waals surface area contributed by atoms with Crippen molar-refractivity contribution in [2.24, 2.45) is 0 Å². The van der Waals surface area contributed by atoms with Gasteiger partial charge >= 0.3 is 0 Å². The van der Waals surface area contributed by atoms with Gasteiger partial charge in [-0.25, -0.2) is 13.4 Å². The van der Waals surface area contributed by atoms with E-state index in [1.165, 1.54) is 18.2 Å². The number of amides is 1. The van der Waals surface area contributed by atoms with Crippen molar-refractivity contribution in [2.75, 3.05) is 29.5 Å². The van der Waals surface area contributed by atoms with Gasteiger partial charge in [0, 0.05) is 22.6 Å². The fourth-order valence-corrected chi connectivity index (χ4v) is 3.92. The summed E-state index contributed by atoms with van der Waals surface area (Å²) in [6.07, 6.45) is 4.40. The molecule has 9 nitrogen and oxygen atoms in total. The summed E-state index contributed by atoms with van der Waals surface area (Å²) in [7, 11) is -3.48. The molecule has 3 heterocycles. The first kappa shape index (κ1) is 22.1. The number of carbonyl (C=O) groups is 1. The minimum Gasteiger partial charge on any atom is -0.484 e. The Hall–Kier alpha value is -3.08. The maximum absolute atomic E-state index is 12.8. The standard InChI is InChI=1S/C21H21ClN4O5S/c1-13-5-14(10-26(13)20-4-3-18(9-23-20)31-19-11-30-12-19)21(27)24-16-6-15(22)7-17(8-16)25-32(2,28)29/h3-10,19,25H,11-12H2,1-2H3,(H,24,27). The molecular formula is C21H21ClN4O5S. The van der Waals surface area contributed by atoms with Crippen LogP contribution in [0.15, 0.2) is 48.8 Å². The number of aromatic nitrogens is 2. The number of rotatable bonds is 7. The van der Waals surface area contributed by atoms with Crippen LogP contribution in [-0.4, -0.2) is 49.4 Å². The molecule has 0 saturated carbocycles. The fourth-order valence-electron chi connectivity index (χ4n) is 3.14. The van der Waals surface area contributed by atoms with E-state index in [9.17, 15) is 13.2 Å². The average molecular weight is 477 g/mol. The summed E-state index contributed by atoms with van der Waals surface area (Å²) < 4.78 is 37.9. The highest BCUT2D eigenvalue weighted by atomic mass is 35.5. The zero-order valence-corrected chi connectivity index (χ0v) is 18.9. The number of ether oxygens (including phenoxy) is 2. The summed E-state index contributed by atoms with van der Waals surface area (Å²) in [5, 5.41) is 3.02. The molecule has 1 aromatic carbocycles. The second-order valence-corrected chi connectivity index (χ2v) is 9.61. The number of nitrogens with one attached hydrogen (secondary N) is 2. The molecule has 1 aliphatic heterocycles. The number of nitrogens with zero attached hydrogens (tertiary/aromatic N) is 2. The molecule has 0 bridgehead atoms. The number of carbonyl (C=O) groups excluding carboxylic acids is 1. The first-order valence-corrected chi connectivity index (χ1v) is 11.9. The number of pyridine rings is 1. The van der Waals surface area contributed by atoms with Crippen molar-refractivity contribution >= 4 is 38.9 Å². The number of hydrogen-bond acceptors (Lipinski definition) is 6. The van der Waals surface area contributed by atoms with Gasteiger partial charge in [-0.05, 0) is 43.3 Å². The van der Waals surface area contributed by atoms with Gasteiger partial charge in [0.25, 0.3) is 5.91 Å². The van der Waals surface area contributed by atoms with Crippen LogP contribution in [0.25, 0.3) is 5.82 Å². The van der Waals surface area contributed by atoms with Gasteiger partial charge in [0.15, 0.2) is 0 Å². The molecule has 0 unspecified atom stereocenters. The first-order chi connectivity index (χ1) is 15.2. The number of anilines is 2. The quantitative estimate of drug-likeness (QED) is 0.541. The lowest BCUT2D eigenvalue weighted by atomic mass is 10.2. The summed E-state index contributed by atoms with van der Waals surface area (Å²) in [6.45, 7) is 3.02. The maximum Gasteiger partial charge on any atom is 0.257 e. The molecule has 1 aliphatic rings. The molecule has 0 radical (unpaired) electrons. The van der Waals surface area contributed by atoms with Crippen molar-refractivity contribution in [3.63, 3.8) is 0 Å². The van der Waals surface area contributed by atoms with Crippen LogP contribution in [0, 0.1) is 6.92 Å². The molecule has 0 spiro atoms. The summed E-state index contributed by atoms with van der Waals surface area (Å²) >= 11 is 6.06. The SMILES string of the molecule is Cc1cc(C(=O)Nc2cc(Cl)cc(NS(C)(=O)=O)c2)cn1-c1ccc(OC2COC2)cn1. The number of hydrogen-bond donors (Lipinski definition) is 2. The number of sulfonamides is 1. The molecule has 0 atom stereocenters. The van der Waals surface area contributed by atoms with Gasteiger partial charge in [0.05, 0.1) is 36.9 Å². The van der Waals surface area contributed by atoms with Crippen molar-refractivity contribution < 1.29 is 22.7 Å². The highest BCUT2D eigenvalue weighted by Crippen LogP contribution is 2.24. The zero-order chi connectivity index (χ0) is 22.9. The van der Waals surface area contributed by atoms with E-state index < -0.39 is 10.0 Å². The smallest absolute Gasteiger partial charge is 0.257 e. The van der Waals surface area contributed by atoms with E-state index in [0.29, 0.717) is 36.0 Å². The van der Waals surface area contributed by atoms with Crippen LogP contribution in [-0.2, 0) is 14.8 Å². The minimum atomic E-state index is -3.48. The lowest BCUT2D eigenvalue weighted by Crippen LogP contribution is -2.38. The number of halogens is 1. The molecule has 168 valence electrons.